The largest absolute Gasteiger partial charge is 0.483 e. The molecule has 0 amide bonds. The van der Waals surface area contributed by atoms with Crippen LogP contribution in [-0.4, -0.2) is 11.5 Å². The van der Waals surface area contributed by atoms with Gasteiger partial charge >= 0.3 is 6.20 Å². The van der Waals surface area contributed by atoms with Crippen molar-refractivity contribution in [1.82, 2.24) is 0 Å². The van der Waals surface area contributed by atoms with E-state index in [0.717, 1.165) is 11.5 Å². The highest BCUT2D eigenvalue weighted by atomic mass is 33.1. The van der Waals surface area contributed by atoms with E-state index in [-0.39, 0.29) is 0 Å². The van der Waals surface area contributed by atoms with Gasteiger partial charge in [0.05, 0.1) is 0 Å². The maximum absolute atomic E-state index is 11.8. The predicted octanol–water partition coefficient (Wildman–Crippen LogP) is 7.83. The Balaban J connectivity index is 3.13. The summed E-state index contributed by atoms with van der Waals surface area (Å²) in [5.74, 6) is 2.18. The van der Waals surface area contributed by atoms with Crippen molar-refractivity contribution < 1.29 is 4.57 Å². The summed E-state index contributed by atoms with van der Waals surface area (Å²) in [4.78, 5) is 0. The minimum Gasteiger partial charge on any atom is -0.0654 e. The van der Waals surface area contributed by atoms with Crippen molar-refractivity contribution in [2.75, 3.05) is 11.5 Å². The molecule has 0 rings (SSSR count). The Morgan fingerprint density at radius 1 is 0.600 bits per heavy atom. The van der Waals surface area contributed by atoms with E-state index in [1.165, 1.54) is 77.0 Å². The lowest BCUT2D eigenvalue weighted by Gasteiger charge is -1.97. The summed E-state index contributed by atoms with van der Waals surface area (Å²) in [7, 11) is 0. The zero-order valence-corrected chi connectivity index (χ0v) is 16.1. The average molecular weight is 338 g/mol. The molecule has 0 saturated carbocycles. The highest BCUT2D eigenvalue weighted by Gasteiger charge is 2.18. The molecule has 0 bridgehead atoms. The lowest BCUT2D eigenvalue weighted by molar-refractivity contribution is 0.603. The molecule has 0 aromatic carbocycles. The van der Waals surface area contributed by atoms with Gasteiger partial charge in [0.1, 0.15) is 22.8 Å². The molecular formula is C16H34OPS2+. The summed E-state index contributed by atoms with van der Waals surface area (Å²) in [6, 6.07) is 0. The SMILES string of the molecule is CCCCCCCCS[P+](=O)SCCCCCCCC. The van der Waals surface area contributed by atoms with E-state index in [9.17, 15) is 4.57 Å². The maximum Gasteiger partial charge on any atom is 0.483 e. The van der Waals surface area contributed by atoms with Crippen molar-refractivity contribution in [2.24, 2.45) is 0 Å². The van der Waals surface area contributed by atoms with Crippen molar-refractivity contribution in [3.8, 4) is 0 Å². The van der Waals surface area contributed by atoms with Crippen molar-refractivity contribution >= 4 is 29.0 Å². The van der Waals surface area contributed by atoms with Gasteiger partial charge in [-0.2, -0.15) is 0 Å². The Bertz CT molecular complexity index is 193. The maximum atomic E-state index is 11.8. The molecule has 0 unspecified atom stereocenters. The molecular weight excluding hydrogens is 303 g/mol. The first kappa shape index (κ1) is 20.8. The summed E-state index contributed by atoms with van der Waals surface area (Å²) < 4.78 is 11.8. The molecule has 0 aliphatic heterocycles. The van der Waals surface area contributed by atoms with Gasteiger partial charge in [0.2, 0.25) is 0 Å². The van der Waals surface area contributed by atoms with Crippen LogP contribution in [0.3, 0.4) is 0 Å². The van der Waals surface area contributed by atoms with Gasteiger partial charge in [-0.25, -0.2) is 0 Å². The molecule has 0 fully saturated rings. The fourth-order valence-corrected chi connectivity index (χ4v) is 7.02. The van der Waals surface area contributed by atoms with Crippen LogP contribution in [0.5, 0.6) is 0 Å². The van der Waals surface area contributed by atoms with Gasteiger partial charge in [-0.3, -0.25) is 0 Å². The molecule has 4 heteroatoms. The standard InChI is InChI=1S/C16H34OPS2/c1-3-5-7-9-11-13-15-19-18(17)20-16-14-12-10-8-6-4-2/h3-16H2,1-2H3/q+1. The minimum atomic E-state index is -1.05. The molecule has 0 aliphatic carbocycles. The van der Waals surface area contributed by atoms with Gasteiger partial charge in [0, 0.05) is 11.5 Å². The van der Waals surface area contributed by atoms with Crippen molar-refractivity contribution in [3.05, 3.63) is 0 Å². The number of hydrogen-bond acceptors (Lipinski definition) is 3. The molecule has 0 radical (unpaired) electrons. The second kappa shape index (κ2) is 17.9. The first-order chi connectivity index (χ1) is 9.81. The summed E-state index contributed by atoms with van der Waals surface area (Å²) >= 11 is 3.37. The fourth-order valence-electron chi connectivity index (χ4n) is 2.08. The predicted molar refractivity (Wildman–Crippen MR) is 99.3 cm³/mol. The van der Waals surface area contributed by atoms with E-state index >= 15 is 0 Å². The van der Waals surface area contributed by atoms with Crippen LogP contribution in [0.4, 0.5) is 0 Å². The van der Waals surface area contributed by atoms with E-state index in [4.69, 9.17) is 0 Å². The Hall–Kier alpha value is 0.800. The molecule has 0 aromatic rings. The fraction of sp³-hybridized carbons (Fsp3) is 1.00. The van der Waals surface area contributed by atoms with Crippen molar-refractivity contribution in [2.45, 2.75) is 90.9 Å². The normalized spacial score (nSPS) is 10.9. The lowest BCUT2D eigenvalue weighted by Crippen LogP contribution is -1.81. The van der Waals surface area contributed by atoms with Gasteiger partial charge in [-0.05, 0) is 17.4 Å². The average Bonchev–Trinajstić information content (AvgIpc) is 2.45. The van der Waals surface area contributed by atoms with Crippen LogP contribution >= 0.6 is 29.0 Å². The highest BCUT2D eigenvalue weighted by molar-refractivity contribution is 8.84. The van der Waals surface area contributed by atoms with Gasteiger partial charge in [0.15, 0.2) is 0 Å². The molecule has 0 atom stereocenters. The van der Waals surface area contributed by atoms with Crippen LogP contribution < -0.4 is 0 Å². The molecule has 1 nitrogen and oxygen atoms in total. The smallest absolute Gasteiger partial charge is 0.0654 e. The Labute approximate surface area is 136 Å². The third-order valence-electron chi connectivity index (χ3n) is 3.39. The van der Waals surface area contributed by atoms with E-state index in [1.54, 1.807) is 22.8 Å². The van der Waals surface area contributed by atoms with Crippen LogP contribution in [0.25, 0.3) is 0 Å². The van der Waals surface area contributed by atoms with Crippen molar-refractivity contribution in [1.29, 1.82) is 0 Å². The van der Waals surface area contributed by atoms with Gasteiger partial charge in [-0.15, -0.1) is 0 Å². The van der Waals surface area contributed by atoms with E-state index in [0.29, 0.717) is 0 Å². The van der Waals surface area contributed by atoms with Crippen LogP contribution in [0.15, 0.2) is 0 Å². The third-order valence-corrected chi connectivity index (χ3v) is 9.01. The monoisotopic (exact) mass is 337 g/mol. The van der Waals surface area contributed by atoms with Gasteiger partial charge in [-0.1, -0.05) is 78.1 Å². The summed E-state index contributed by atoms with van der Waals surface area (Å²) in [5.41, 5.74) is 0. The zero-order chi connectivity index (χ0) is 14.9. The Morgan fingerprint density at radius 3 is 1.35 bits per heavy atom. The number of unbranched alkanes of at least 4 members (excludes halogenated alkanes) is 10. The van der Waals surface area contributed by atoms with Gasteiger partial charge < -0.3 is 0 Å². The van der Waals surface area contributed by atoms with Gasteiger partial charge in [0.25, 0.3) is 0 Å². The van der Waals surface area contributed by atoms with Crippen LogP contribution in [0.2, 0.25) is 0 Å². The lowest BCUT2D eigenvalue weighted by atomic mass is 10.1. The molecule has 0 aliphatic rings. The van der Waals surface area contributed by atoms with E-state index < -0.39 is 6.20 Å². The first-order valence-electron chi connectivity index (χ1n) is 8.54. The molecule has 0 N–H and O–H groups in total. The molecule has 0 heterocycles. The summed E-state index contributed by atoms with van der Waals surface area (Å²) in [6.07, 6.45) is 14.9. The molecule has 0 aromatic heterocycles. The van der Waals surface area contributed by atoms with Crippen LogP contribution in [0, 0.1) is 0 Å². The van der Waals surface area contributed by atoms with E-state index in [1.807, 2.05) is 0 Å². The van der Waals surface area contributed by atoms with E-state index in [2.05, 4.69) is 13.8 Å². The second-order valence-electron chi connectivity index (χ2n) is 5.43. The third kappa shape index (κ3) is 16.9. The first-order valence-corrected chi connectivity index (χ1v) is 13.0. The molecule has 0 saturated heterocycles. The Kier molecular flexibility index (Phi) is 18.6. The topological polar surface area (TPSA) is 17.1 Å². The molecule has 120 valence electrons. The zero-order valence-electron chi connectivity index (χ0n) is 13.6. The minimum absolute atomic E-state index is 1.05. The summed E-state index contributed by atoms with van der Waals surface area (Å²) in [6.45, 7) is 4.50. The molecule has 20 heavy (non-hydrogen) atoms. The second-order valence-corrected chi connectivity index (χ2v) is 11.4. The molecule has 0 spiro atoms. The van der Waals surface area contributed by atoms with Crippen LogP contribution in [0.1, 0.15) is 90.9 Å². The quantitative estimate of drug-likeness (QED) is 0.211. The number of rotatable bonds is 16. The van der Waals surface area contributed by atoms with Crippen molar-refractivity contribution in [3.63, 3.8) is 0 Å². The highest BCUT2D eigenvalue weighted by Crippen LogP contribution is 2.50. The number of hydrogen-bond donors (Lipinski definition) is 0. The summed E-state index contributed by atoms with van der Waals surface area (Å²) in [5, 5.41) is 0. The van der Waals surface area contributed by atoms with Crippen LogP contribution in [-0.2, 0) is 4.57 Å². The Morgan fingerprint density at radius 2 is 0.950 bits per heavy atom.